The summed E-state index contributed by atoms with van der Waals surface area (Å²) in [6, 6.07) is 18.5. The fraction of sp³-hybridized carbons (Fsp3) is 0.111. The number of rotatable bonds is 4. The van der Waals surface area contributed by atoms with Crippen molar-refractivity contribution in [2.24, 2.45) is 0 Å². The van der Waals surface area contributed by atoms with Crippen LogP contribution >= 0.6 is 11.6 Å². The highest BCUT2D eigenvalue weighted by Gasteiger charge is 2.12. The molecule has 2 N–H and O–H groups in total. The van der Waals surface area contributed by atoms with E-state index in [0.717, 1.165) is 16.3 Å². The molecule has 4 nitrogen and oxygen atoms in total. The van der Waals surface area contributed by atoms with Crippen molar-refractivity contribution < 1.29 is 9.90 Å². The zero-order valence-electron chi connectivity index (χ0n) is 12.2. The first-order valence-corrected chi connectivity index (χ1v) is 7.59. The number of carbonyl (C=O) groups excluding carboxylic acids is 1. The van der Waals surface area contributed by atoms with Crippen LogP contribution in [0.3, 0.4) is 0 Å². The van der Waals surface area contributed by atoms with Gasteiger partial charge in [0, 0.05) is 6.54 Å². The Hall–Kier alpha value is -2.43. The van der Waals surface area contributed by atoms with Gasteiger partial charge >= 0.3 is 0 Å². The molecule has 0 aliphatic rings. The lowest BCUT2D eigenvalue weighted by atomic mass is 10.0. The Balaban J connectivity index is 1.68. The van der Waals surface area contributed by atoms with Gasteiger partial charge in [0.25, 0.3) is 5.91 Å². The minimum Gasteiger partial charge on any atom is -0.387 e. The lowest BCUT2D eigenvalue weighted by Crippen LogP contribution is -2.29. The molecule has 1 heterocycles. The standard InChI is InChI=1S/C18H15ClN2O2/c19-17-7-3-6-15(21-17)18(23)20-11-16(22)14-9-8-12-4-1-2-5-13(12)10-14/h1-10,16,22H,11H2,(H,20,23). The molecule has 0 aliphatic carbocycles. The van der Waals surface area contributed by atoms with Crippen molar-refractivity contribution in [3.8, 4) is 0 Å². The van der Waals surface area contributed by atoms with Gasteiger partial charge in [-0.05, 0) is 34.5 Å². The van der Waals surface area contributed by atoms with Gasteiger partial charge in [0.15, 0.2) is 0 Å². The third-order valence-corrected chi connectivity index (χ3v) is 3.77. The van der Waals surface area contributed by atoms with Crippen LogP contribution in [0.1, 0.15) is 22.2 Å². The number of carbonyl (C=O) groups is 1. The van der Waals surface area contributed by atoms with E-state index in [0.29, 0.717) is 0 Å². The van der Waals surface area contributed by atoms with Gasteiger partial charge in [-0.25, -0.2) is 4.98 Å². The van der Waals surface area contributed by atoms with Crippen LogP contribution in [0.25, 0.3) is 10.8 Å². The number of aromatic nitrogens is 1. The lowest BCUT2D eigenvalue weighted by Gasteiger charge is -2.13. The Bertz CT molecular complexity index is 851. The molecule has 0 radical (unpaired) electrons. The Labute approximate surface area is 138 Å². The van der Waals surface area contributed by atoms with Crippen LogP contribution in [0.4, 0.5) is 0 Å². The molecule has 3 rings (SSSR count). The van der Waals surface area contributed by atoms with Gasteiger partial charge < -0.3 is 10.4 Å². The molecule has 0 bridgehead atoms. The molecule has 1 aromatic heterocycles. The average molecular weight is 327 g/mol. The van der Waals surface area contributed by atoms with Gasteiger partial charge in [-0.3, -0.25) is 4.79 Å². The van der Waals surface area contributed by atoms with E-state index in [1.54, 1.807) is 18.2 Å². The summed E-state index contributed by atoms with van der Waals surface area (Å²) in [4.78, 5) is 15.9. The molecule has 116 valence electrons. The monoisotopic (exact) mass is 326 g/mol. The summed E-state index contributed by atoms with van der Waals surface area (Å²) >= 11 is 5.76. The second-order valence-electron chi connectivity index (χ2n) is 5.18. The third-order valence-electron chi connectivity index (χ3n) is 3.56. The fourth-order valence-electron chi connectivity index (χ4n) is 2.35. The minimum atomic E-state index is -0.789. The number of nitrogens with zero attached hydrogens (tertiary/aromatic N) is 1. The van der Waals surface area contributed by atoms with Crippen LogP contribution in [0.2, 0.25) is 5.15 Å². The predicted octanol–water partition coefficient (Wildman–Crippen LogP) is 3.35. The molecule has 0 fully saturated rings. The SMILES string of the molecule is O=C(NCC(O)c1ccc2ccccc2c1)c1cccc(Cl)n1. The number of fused-ring (bicyclic) bond motifs is 1. The van der Waals surface area contributed by atoms with E-state index < -0.39 is 6.10 Å². The lowest BCUT2D eigenvalue weighted by molar-refractivity contribution is 0.0911. The molecule has 23 heavy (non-hydrogen) atoms. The Morgan fingerprint density at radius 1 is 1.09 bits per heavy atom. The van der Waals surface area contributed by atoms with Crippen molar-refractivity contribution >= 4 is 28.3 Å². The highest BCUT2D eigenvalue weighted by molar-refractivity contribution is 6.29. The maximum absolute atomic E-state index is 12.0. The minimum absolute atomic E-state index is 0.103. The van der Waals surface area contributed by atoms with E-state index in [1.807, 2.05) is 42.5 Å². The maximum atomic E-state index is 12.0. The smallest absolute Gasteiger partial charge is 0.270 e. The highest BCUT2D eigenvalue weighted by Crippen LogP contribution is 2.20. The molecule has 1 amide bonds. The molecule has 0 aliphatic heterocycles. The van der Waals surface area contributed by atoms with E-state index in [-0.39, 0.29) is 23.3 Å². The van der Waals surface area contributed by atoms with Crippen LogP contribution in [-0.4, -0.2) is 22.5 Å². The van der Waals surface area contributed by atoms with Gasteiger partial charge in [0.2, 0.25) is 0 Å². The van der Waals surface area contributed by atoms with Crippen molar-refractivity contribution in [1.29, 1.82) is 0 Å². The Kier molecular flexibility index (Phi) is 4.55. The van der Waals surface area contributed by atoms with Crippen LogP contribution in [0.5, 0.6) is 0 Å². The summed E-state index contributed by atoms with van der Waals surface area (Å²) in [7, 11) is 0. The van der Waals surface area contributed by atoms with E-state index in [9.17, 15) is 9.90 Å². The van der Waals surface area contributed by atoms with Crippen LogP contribution in [0.15, 0.2) is 60.7 Å². The summed E-state index contributed by atoms with van der Waals surface area (Å²) in [5, 5.41) is 15.3. The maximum Gasteiger partial charge on any atom is 0.270 e. The van der Waals surface area contributed by atoms with E-state index in [2.05, 4.69) is 10.3 Å². The number of nitrogens with one attached hydrogen (secondary N) is 1. The number of halogens is 1. The van der Waals surface area contributed by atoms with Crippen molar-refractivity contribution in [1.82, 2.24) is 10.3 Å². The molecule has 3 aromatic rings. The molecule has 2 aromatic carbocycles. The summed E-state index contributed by atoms with van der Waals surface area (Å²) in [6.07, 6.45) is -0.789. The van der Waals surface area contributed by atoms with Gasteiger partial charge in [-0.15, -0.1) is 0 Å². The quantitative estimate of drug-likeness (QED) is 0.723. The van der Waals surface area contributed by atoms with E-state index in [4.69, 9.17) is 11.6 Å². The molecular weight excluding hydrogens is 312 g/mol. The van der Waals surface area contributed by atoms with Gasteiger partial charge in [0.05, 0.1) is 6.10 Å². The van der Waals surface area contributed by atoms with E-state index in [1.165, 1.54) is 0 Å². The summed E-state index contributed by atoms with van der Waals surface area (Å²) in [5.74, 6) is -0.368. The van der Waals surface area contributed by atoms with Crippen LogP contribution < -0.4 is 5.32 Å². The van der Waals surface area contributed by atoms with Crippen molar-refractivity contribution in [3.05, 3.63) is 77.1 Å². The number of aliphatic hydroxyl groups is 1. The van der Waals surface area contributed by atoms with Crippen LogP contribution in [-0.2, 0) is 0 Å². The van der Waals surface area contributed by atoms with Gasteiger partial charge in [0.1, 0.15) is 10.8 Å². The molecule has 1 atom stereocenters. The van der Waals surface area contributed by atoms with Crippen molar-refractivity contribution in [3.63, 3.8) is 0 Å². The van der Waals surface area contributed by atoms with Crippen LogP contribution in [0, 0.1) is 0 Å². The fourth-order valence-corrected chi connectivity index (χ4v) is 2.51. The first-order chi connectivity index (χ1) is 11.1. The topological polar surface area (TPSA) is 62.2 Å². The third kappa shape index (κ3) is 3.67. The molecule has 0 saturated heterocycles. The molecular formula is C18H15ClN2O2. The summed E-state index contributed by atoms with van der Waals surface area (Å²) < 4.78 is 0. The normalized spacial score (nSPS) is 12.1. The zero-order chi connectivity index (χ0) is 16.2. The largest absolute Gasteiger partial charge is 0.387 e. The zero-order valence-corrected chi connectivity index (χ0v) is 13.0. The first-order valence-electron chi connectivity index (χ1n) is 7.21. The number of hydrogen-bond donors (Lipinski definition) is 2. The molecule has 5 heteroatoms. The van der Waals surface area contributed by atoms with Gasteiger partial charge in [-0.1, -0.05) is 54.1 Å². The average Bonchev–Trinajstić information content (AvgIpc) is 2.59. The first kappa shape index (κ1) is 15.5. The number of aliphatic hydroxyl groups excluding tert-OH is 1. The predicted molar refractivity (Wildman–Crippen MR) is 90.5 cm³/mol. The number of benzene rings is 2. The van der Waals surface area contributed by atoms with E-state index >= 15 is 0 Å². The second kappa shape index (κ2) is 6.77. The van der Waals surface area contributed by atoms with Crippen molar-refractivity contribution in [2.45, 2.75) is 6.10 Å². The number of amides is 1. The molecule has 0 saturated carbocycles. The Morgan fingerprint density at radius 3 is 2.65 bits per heavy atom. The summed E-state index contributed by atoms with van der Waals surface area (Å²) in [6.45, 7) is 0.103. The Morgan fingerprint density at radius 2 is 1.87 bits per heavy atom. The molecule has 0 spiro atoms. The second-order valence-corrected chi connectivity index (χ2v) is 5.57. The van der Waals surface area contributed by atoms with Crippen molar-refractivity contribution in [2.75, 3.05) is 6.54 Å². The highest BCUT2D eigenvalue weighted by atomic mass is 35.5. The van der Waals surface area contributed by atoms with Gasteiger partial charge in [-0.2, -0.15) is 0 Å². The number of pyridine rings is 1. The summed E-state index contributed by atoms with van der Waals surface area (Å²) in [5.41, 5.74) is 0.978. The number of hydrogen-bond acceptors (Lipinski definition) is 3. The molecule has 1 unspecified atom stereocenters.